The van der Waals surface area contributed by atoms with Crippen molar-refractivity contribution in [3.8, 4) is 0 Å². The molecular weight excluding hydrogens is 317 g/mol. The van der Waals surface area contributed by atoms with Gasteiger partial charge >= 0.3 is 6.09 Å². The zero-order chi connectivity index (χ0) is 14.6. The summed E-state index contributed by atoms with van der Waals surface area (Å²) in [4.78, 5) is 11.7. The lowest BCUT2D eigenvalue weighted by molar-refractivity contribution is 0.0635. The highest BCUT2D eigenvalue weighted by molar-refractivity contribution is 9.10. The van der Waals surface area contributed by atoms with Crippen molar-refractivity contribution in [1.82, 2.24) is 0 Å². The topological polar surface area (TPSA) is 58.6 Å². The molecule has 0 bridgehead atoms. The van der Waals surface area contributed by atoms with Gasteiger partial charge in [0.1, 0.15) is 18.4 Å². The molecular formula is C13H17BrFNO3. The van der Waals surface area contributed by atoms with Gasteiger partial charge in [0.05, 0.1) is 5.69 Å². The van der Waals surface area contributed by atoms with E-state index < -0.39 is 24.5 Å². The van der Waals surface area contributed by atoms with Crippen molar-refractivity contribution in [1.29, 1.82) is 0 Å². The molecule has 19 heavy (non-hydrogen) atoms. The number of aliphatic hydroxyl groups is 1. The van der Waals surface area contributed by atoms with Crippen LogP contribution in [0.25, 0.3) is 0 Å². The summed E-state index contributed by atoms with van der Waals surface area (Å²) in [6.07, 6.45) is -1.93. The molecule has 0 aromatic heterocycles. The van der Waals surface area contributed by atoms with E-state index in [0.29, 0.717) is 15.7 Å². The van der Waals surface area contributed by atoms with Gasteiger partial charge in [0.15, 0.2) is 0 Å². The van der Waals surface area contributed by atoms with Crippen molar-refractivity contribution in [3.05, 3.63) is 28.2 Å². The van der Waals surface area contributed by atoms with Crippen LogP contribution in [0.4, 0.5) is 14.9 Å². The highest BCUT2D eigenvalue weighted by atomic mass is 79.9. The maximum Gasteiger partial charge on any atom is 0.412 e. The minimum absolute atomic E-state index is 0.302. The fourth-order valence-electron chi connectivity index (χ4n) is 1.42. The summed E-state index contributed by atoms with van der Waals surface area (Å²) in [5.41, 5.74) is -0.0139. The average Bonchev–Trinajstić information content (AvgIpc) is 2.25. The fraction of sp³-hybridized carbons (Fsp3) is 0.462. The van der Waals surface area contributed by atoms with Crippen LogP contribution in [-0.4, -0.2) is 23.5 Å². The van der Waals surface area contributed by atoms with Gasteiger partial charge in [-0.15, -0.1) is 0 Å². The van der Waals surface area contributed by atoms with Crippen LogP contribution >= 0.6 is 15.9 Å². The lowest BCUT2D eigenvalue weighted by atomic mass is 10.1. The molecule has 0 radical (unpaired) electrons. The van der Waals surface area contributed by atoms with Gasteiger partial charge in [0, 0.05) is 10.0 Å². The highest BCUT2D eigenvalue weighted by Crippen LogP contribution is 2.27. The second kappa shape index (κ2) is 6.34. The normalized spacial score (nSPS) is 12.9. The van der Waals surface area contributed by atoms with Crippen LogP contribution in [0, 0.1) is 0 Å². The standard InChI is InChI=1S/C13H17BrFNO3/c1-13(2,3)19-12(18)16-10-6-8(14)4-5-9(10)11(17)7-15/h4-6,11,17H,7H2,1-3H3,(H,16,18). The summed E-state index contributed by atoms with van der Waals surface area (Å²) in [6.45, 7) is 4.30. The molecule has 0 fully saturated rings. The quantitative estimate of drug-likeness (QED) is 0.884. The third-order valence-electron chi connectivity index (χ3n) is 2.16. The van der Waals surface area contributed by atoms with Crippen LogP contribution in [0.1, 0.15) is 32.4 Å². The van der Waals surface area contributed by atoms with E-state index >= 15 is 0 Å². The van der Waals surface area contributed by atoms with Crippen molar-refractivity contribution >= 4 is 27.7 Å². The first kappa shape index (κ1) is 15.9. The first-order valence-corrected chi connectivity index (χ1v) is 6.55. The summed E-state index contributed by atoms with van der Waals surface area (Å²) >= 11 is 3.25. The predicted molar refractivity (Wildman–Crippen MR) is 74.9 cm³/mol. The Hall–Kier alpha value is -1.14. The molecule has 2 N–H and O–H groups in total. The van der Waals surface area contributed by atoms with Crippen molar-refractivity contribution in [2.75, 3.05) is 12.0 Å². The summed E-state index contributed by atoms with van der Waals surface area (Å²) in [7, 11) is 0. The Morgan fingerprint density at radius 1 is 1.53 bits per heavy atom. The predicted octanol–water partition coefficient (Wildman–Crippen LogP) is 3.80. The first-order chi connectivity index (χ1) is 8.73. The minimum Gasteiger partial charge on any atom is -0.444 e. The van der Waals surface area contributed by atoms with E-state index in [-0.39, 0.29) is 0 Å². The van der Waals surface area contributed by atoms with E-state index in [9.17, 15) is 14.3 Å². The number of ether oxygens (including phenoxy) is 1. The molecule has 1 amide bonds. The maximum absolute atomic E-state index is 12.6. The van der Waals surface area contributed by atoms with Gasteiger partial charge in [-0.25, -0.2) is 9.18 Å². The molecule has 1 rings (SSSR count). The smallest absolute Gasteiger partial charge is 0.412 e. The van der Waals surface area contributed by atoms with E-state index in [1.54, 1.807) is 39.0 Å². The lowest BCUT2D eigenvalue weighted by Crippen LogP contribution is -2.27. The molecule has 4 nitrogen and oxygen atoms in total. The van der Waals surface area contributed by atoms with E-state index in [1.165, 1.54) is 0 Å². The summed E-state index contributed by atoms with van der Waals surface area (Å²) in [5.74, 6) is 0. The third-order valence-corrected chi connectivity index (χ3v) is 2.65. The molecule has 0 aliphatic heterocycles. The van der Waals surface area contributed by atoms with Crippen LogP contribution in [0.3, 0.4) is 0 Å². The maximum atomic E-state index is 12.6. The fourth-order valence-corrected chi connectivity index (χ4v) is 1.79. The molecule has 0 saturated heterocycles. The Labute approximate surface area is 120 Å². The van der Waals surface area contributed by atoms with Gasteiger partial charge in [0.25, 0.3) is 0 Å². The van der Waals surface area contributed by atoms with E-state index in [4.69, 9.17) is 4.74 Å². The molecule has 1 aromatic carbocycles. The van der Waals surface area contributed by atoms with Crippen molar-refractivity contribution in [2.24, 2.45) is 0 Å². The van der Waals surface area contributed by atoms with E-state index in [2.05, 4.69) is 21.2 Å². The van der Waals surface area contributed by atoms with Crippen LogP contribution < -0.4 is 5.32 Å². The van der Waals surface area contributed by atoms with Gasteiger partial charge < -0.3 is 9.84 Å². The van der Waals surface area contributed by atoms with Crippen LogP contribution in [0.15, 0.2) is 22.7 Å². The van der Waals surface area contributed by atoms with Crippen molar-refractivity contribution in [2.45, 2.75) is 32.5 Å². The number of hydrogen-bond acceptors (Lipinski definition) is 3. The minimum atomic E-state index is -1.28. The number of anilines is 1. The summed E-state index contributed by atoms with van der Waals surface area (Å²) in [5, 5.41) is 12.1. The Morgan fingerprint density at radius 2 is 2.16 bits per heavy atom. The zero-order valence-electron chi connectivity index (χ0n) is 11.0. The number of aliphatic hydroxyl groups excluding tert-OH is 1. The average molecular weight is 334 g/mol. The summed E-state index contributed by atoms with van der Waals surface area (Å²) in [6, 6.07) is 4.79. The van der Waals surface area contributed by atoms with E-state index in [1.807, 2.05) is 0 Å². The molecule has 0 heterocycles. The Morgan fingerprint density at radius 3 is 2.68 bits per heavy atom. The molecule has 106 valence electrons. The van der Waals surface area contributed by atoms with Crippen LogP contribution in [-0.2, 0) is 4.74 Å². The SMILES string of the molecule is CC(C)(C)OC(=O)Nc1cc(Br)ccc1C(O)CF. The molecule has 1 atom stereocenters. The number of carbonyl (C=O) groups is 1. The molecule has 0 saturated carbocycles. The number of hydrogen-bond donors (Lipinski definition) is 2. The third kappa shape index (κ3) is 5.16. The Kier molecular flexibility index (Phi) is 5.31. The van der Waals surface area contributed by atoms with Crippen LogP contribution in [0.2, 0.25) is 0 Å². The molecule has 1 unspecified atom stereocenters. The van der Waals surface area contributed by atoms with Gasteiger partial charge in [-0.3, -0.25) is 5.32 Å². The number of halogens is 2. The van der Waals surface area contributed by atoms with E-state index in [0.717, 1.165) is 0 Å². The molecule has 0 aliphatic carbocycles. The summed E-state index contributed by atoms with van der Waals surface area (Å²) < 4.78 is 18.4. The second-order valence-electron chi connectivity index (χ2n) is 5.03. The monoisotopic (exact) mass is 333 g/mol. The number of amides is 1. The lowest BCUT2D eigenvalue weighted by Gasteiger charge is -2.21. The van der Waals surface area contributed by atoms with Gasteiger partial charge in [-0.05, 0) is 32.9 Å². The molecule has 0 aliphatic rings. The molecule has 0 spiro atoms. The number of nitrogens with one attached hydrogen (secondary N) is 1. The number of benzene rings is 1. The first-order valence-electron chi connectivity index (χ1n) is 5.76. The van der Waals surface area contributed by atoms with Crippen molar-refractivity contribution < 1.29 is 19.0 Å². The number of rotatable bonds is 3. The van der Waals surface area contributed by atoms with Crippen molar-refractivity contribution in [3.63, 3.8) is 0 Å². The number of carbonyl (C=O) groups excluding carboxylic acids is 1. The number of alkyl halides is 1. The Bertz CT molecular complexity index is 460. The highest BCUT2D eigenvalue weighted by Gasteiger charge is 2.19. The largest absolute Gasteiger partial charge is 0.444 e. The molecule has 1 aromatic rings. The van der Waals surface area contributed by atoms with Gasteiger partial charge in [-0.2, -0.15) is 0 Å². The second-order valence-corrected chi connectivity index (χ2v) is 5.94. The zero-order valence-corrected chi connectivity index (χ0v) is 12.6. The van der Waals surface area contributed by atoms with Crippen LogP contribution in [0.5, 0.6) is 0 Å². The van der Waals surface area contributed by atoms with Gasteiger partial charge in [-0.1, -0.05) is 22.0 Å². The van der Waals surface area contributed by atoms with Gasteiger partial charge in [0.2, 0.25) is 0 Å². The Balaban J connectivity index is 2.93. The molecule has 6 heteroatoms.